The minimum atomic E-state index is -0.497. The number of ether oxygens (including phenoxy) is 1. The van der Waals surface area contributed by atoms with Crippen LogP contribution in [0.2, 0.25) is 0 Å². The van der Waals surface area contributed by atoms with Gasteiger partial charge in [-0.15, -0.1) is 0 Å². The number of carbonyl (C=O) groups excluding carboxylic acids is 3. The molecule has 0 aliphatic heterocycles. The molecule has 44 heavy (non-hydrogen) atoms. The normalized spacial score (nSPS) is 13.0. The number of nitrogens with one attached hydrogen (secondary N) is 4. The maximum Gasteiger partial charge on any atom is 0.269 e. The molecular weight excluding hydrogens is 564 g/mol. The van der Waals surface area contributed by atoms with Crippen LogP contribution in [0, 0.1) is 12.8 Å². The second kappa shape index (κ2) is 15.6. The smallest absolute Gasteiger partial charge is 0.269 e. The fourth-order valence-electron chi connectivity index (χ4n) is 4.01. The lowest BCUT2D eigenvalue weighted by atomic mass is 10.0. The van der Waals surface area contributed by atoms with Crippen molar-refractivity contribution in [1.82, 2.24) is 25.5 Å². The predicted molar refractivity (Wildman–Crippen MR) is 168 cm³/mol. The number of aryl methyl sites for hydroxylation is 2. The fourth-order valence-corrected chi connectivity index (χ4v) is 4.01. The molecule has 0 atom stereocenters. The third-order valence-electron chi connectivity index (χ3n) is 6.57. The van der Waals surface area contributed by atoms with Crippen molar-refractivity contribution < 1.29 is 19.1 Å². The first kappa shape index (κ1) is 32.9. The molecule has 3 amide bonds. The van der Waals surface area contributed by atoms with Gasteiger partial charge in [-0.05, 0) is 38.0 Å². The van der Waals surface area contributed by atoms with Gasteiger partial charge in [0.2, 0.25) is 12.3 Å². The minimum absolute atomic E-state index is 0.0153. The van der Waals surface area contributed by atoms with E-state index in [1.54, 1.807) is 44.8 Å². The number of para-hydroxylation sites is 1. The summed E-state index contributed by atoms with van der Waals surface area (Å²) in [5, 5.41) is 10.7. The molecule has 4 rings (SSSR count). The average molecular weight is 603 g/mol. The van der Waals surface area contributed by atoms with E-state index < -0.39 is 5.91 Å². The molecule has 2 aromatic heterocycles. The molecule has 1 aliphatic carbocycles. The third-order valence-corrected chi connectivity index (χ3v) is 6.57. The van der Waals surface area contributed by atoms with Crippen LogP contribution in [0.4, 0.5) is 5.69 Å². The van der Waals surface area contributed by atoms with Crippen LogP contribution in [-0.2, 0) is 28.0 Å². The number of allylic oxidation sites excluding steroid dienone is 1. The van der Waals surface area contributed by atoms with Gasteiger partial charge in [0.25, 0.3) is 11.5 Å². The zero-order chi connectivity index (χ0) is 32.2. The lowest BCUT2D eigenvalue weighted by Crippen LogP contribution is -2.31. The molecule has 3 aromatic rings. The van der Waals surface area contributed by atoms with E-state index >= 15 is 0 Å². The van der Waals surface area contributed by atoms with Gasteiger partial charge in [0, 0.05) is 67.4 Å². The van der Waals surface area contributed by atoms with Gasteiger partial charge in [0.05, 0.1) is 18.5 Å². The van der Waals surface area contributed by atoms with Gasteiger partial charge in [0.15, 0.2) is 0 Å². The van der Waals surface area contributed by atoms with E-state index in [1.165, 1.54) is 17.7 Å². The largest absolute Gasteiger partial charge is 0.494 e. The Morgan fingerprint density at radius 3 is 2.50 bits per heavy atom. The van der Waals surface area contributed by atoms with Crippen molar-refractivity contribution in [3.63, 3.8) is 0 Å². The number of hydrogen-bond donors (Lipinski definition) is 6. The van der Waals surface area contributed by atoms with Crippen molar-refractivity contribution in [3.8, 4) is 16.9 Å². The number of nitrogens with two attached hydrogens (primary N) is 2. The maximum atomic E-state index is 12.2. The Hall–Kier alpha value is -5.59. The Morgan fingerprint density at radius 1 is 1.14 bits per heavy atom. The number of anilines is 1. The van der Waals surface area contributed by atoms with Gasteiger partial charge in [-0.3, -0.25) is 24.2 Å². The number of nitrogens with zero attached hydrogens (tertiary/aromatic N) is 2. The van der Waals surface area contributed by atoms with Crippen LogP contribution in [0.5, 0.6) is 5.75 Å². The molecule has 0 radical (unpaired) electrons. The number of carbonyl (C=O) groups is 3. The first-order valence-electron chi connectivity index (χ1n) is 13.8. The van der Waals surface area contributed by atoms with Crippen LogP contribution in [0.3, 0.4) is 0 Å². The molecule has 8 N–H and O–H groups in total. The van der Waals surface area contributed by atoms with Crippen molar-refractivity contribution in [1.29, 1.82) is 0 Å². The number of pyridine rings is 2. The molecule has 1 saturated carbocycles. The molecule has 1 aromatic carbocycles. The zero-order valence-corrected chi connectivity index (χ0v) is 25.1. The van der Waals surface area contributed by atoms with E-state index in [-0.39, 0.29) is 41.1 Å². The van der Waals surface area contributed by atoms with Crippen molar-refractivity contribution in [2.24, 2.45) is 24.4 Å². The molecule has 1 fully saturated rings. The SMILES string of the molecule is CNC(=O)/C(N)=C(/C=C(\N)NC(=O)C1CC1)Nc1cccc(-c2ccc(C)nc2)c1OC.Cn1cccc(CNC=O)c1=O. The lowest BCUT2D eigenvalue weighted by Gasteiger charge is -2.17. The van der Waals surface area contributed by atoms with Crippen molar-refractivity contribution >= 4 is 23.9 Å². The lowest BCUT2D eigenvalue weighted by molar-refractivity contribution is -0.121. The molecule has 232 valence electrons. The number of methoxy groups -OCH3 is 1. The predicted octanol–water partition coefficient (Wildman–Crippen LogP) is 1.35. The summed E-state index contributed by atoms with van der Waals surface area (Å²) in [5.74, 6) is -0.0482. The first-order chi connectivity index (χ1) is 21.1. The minimum Gasteiger partial charge on any atom is -0.494 e. The van der Waals surface area contributed by atoms with E-state index in [0.29, 0.717) is 23.4 Å². The van der Waals surface area contributed by atoms with Gasteiger partial charge < -0.3 is 42.0 Å². The van der Waals surface area contributed by atoms with Gasteiger partial charge in [-0.2, -0.15) is 0 Å². The van der Waals surface area contributed by atoms with Crippen molar-refractivity contribution in [2.45, 2.75) is 26.3 Å². The molecule has 0 unspecified atom stereocenters. The Kier molecular flexibility index (Phi) is 11.7. The third kappa shape index (κ3) is 8.95. The Bertz CT molecular complexity index is 1610. The van der Waals surface area contributed by atoms with E-state index in [9.17, 15) is 19.2 Å². The van der Waals surface area contributed by atoms with E-state index in [1.807, 2.05) is 31.2 Å². The standard InChI is InChI=1S/C23H28N6O3.C8H10N2O2/c1-13-7-8-15(12-27-13)16-5-4-6-17(21(16)32-3)28-18(20(25)23(31)26-2)11-19(24)29-22(30)14-9-10-14;1-10-4-2-3-7(8(10)12)5-9-6-11/h4-8,11-12,14,28H,9-10,24-25H2,1-3H3,(H,26,31)(H,29,30);2-4,6H,5H2,1H3,(H,9,11)/b19-11+,20-18+;. The number of aromatic nitrogens is 2. The summed E-state index contributed by atoms with van der Waals surface area (Å²) >= 11 is 0. The van der Waals surface area contributed by atoms with Gasteiger partial charge in [-0.1, -0.05) is 24.3 Å². The summed E-state index contributed by atoms with van der Waals surface area (Å²) in [6, 6.07) is 12.9. The zero-order valence-electron chi connectivity index (χ0n) is 25.1. The molecule has 1 aliphatic rings. The number of likely N-dealkylation sites (N-methyl/N-ethyl adjacent to an activating group) is 1. The highest BCUT2D eigenvalue weighted by molar-refractivity contribution is 5.94. The molecular formula is C31H38N8O5. The topological polar surface area (TPSA) is 195 Å². The quantitative estimate of drug-likeness (QED) is 0.107. The highest BCUT2D eigenvalue weighted by Crippen LogP contribution is 2.37. The maximum absolute atomic E-state index is 12.2. The van der Waals surface area contributed by atoms with Crippen LogP contribution in [0.25, 0.3) is 11.1 Å². The number of rotatable bonds is 11. The van der Waals surface area contributed by atoms with E-state index in [2.05, 4.69) is 26.3 Å². The Balaban J connectivity index is 0.000000369. The summed E-state index contributed by atoms with van der Waals surface area (Å²) in [4.78, 5) is 49.8. The number of hydrogen-bond acceptors (Lipinski definition) is 9. The Labute approximate surface area is 255 Å². The van der Waals surface area contributed by atoms with Crippen LogP contribution in [0.15, 0.2) is 82.9 Å². The summed E-state index contributed by atoms with van der Waals surface area (Å²) in [7, 11) is 4.70. The van der Waals surface area contributed by atoms with Gasteiger partial charge >= 0.3 is 0 Å². The number of amides is 3. The molecule has 0 spiro atoms. The second-order valence-electron chi connectivity index (χ2n) is 9.92. The average Bonchev–Trinajstić information content (AvgIpc) is 3.87. The van der Waals surface area contributed by atoms with Gasteiger partial charge in [-0.25, -0.2) is 0 Å². The molecule has 13 heteroatoms. The molecule has 0 saturated heterocycles. The van der Waals surface area contributed by atoms with Crippen LogP contribution in [-0.4, -0.2) is 41.9 Å². The summed E-state index contributed by atoms with van der Waals surface area (Å²) in [6.45, 7) is 2.20. The van der Waals surface area contributed by atoms with Crippen LogP contribution < -0.4 is 43.0 Å². The number of benzene rings is 1. The van der Waals surface area contributed by atoms with Gasteiger partial charge in [0.1, 0.15) is 17.3 Å². The molecule has 0 bridgehead atoms. The summed E-state index contributed by atoms with van der Waals surface area (Å²) in [6.07, 6.45) is 7.12. The fraction of sp³-hybridized carbons (Fsp3) is 0.258. The summed E-state index contributed by atoms with van der Waals surface area (Å²) in [5.41, 5.74) is 15.8. The monoisotopic (exact) mass is 602 g/mol. The molecule has 2 heterocycles. The van der Waals surface area contributed by atoms with Crippen LogP contribution in [0.1, 0.15) is 24.1 Å². The van der Waals surface area contributed by atoms with Crippen molar-refractivity contribution in [2.75, 3.05) is 19.5 Å². The summed E-state index contributed by atoms with van der Waals surface area (Å²) < 4.78 is 7.14. The van der Waals surface area contributed by atoms with E-state index in [4.69, 9.17) is 16.2 Å². The highest BCUT2D eigenvalue weighted by Gasteiger charge is 2.29. The highest BCUT2D eigenvalue weighted by atomic mass is 16.5. The Morgan fingerprint density at radius 2 is 1.89 bits per heavy atom. The van der Waals surface area contributed by atoms with Crippen LogP contribution >= 0.6 is 0 Å². The van der Waals surface area contributed by atoms with Crippen molar-refractivity contribution in [3.05, 3.63) is 99.8 Å². The molecule has 13 nitrogen and oxygen atoms in total. The second-order valence-corrected chi connectivity index (χ2v) is 9.92. The van der Waals surface area contributed by atoms with E-state index in [0.717, 1.165) is 29.7 Å². The first-order valence-corrected chi connectivity index (χ1v) is 13.8.